The van der Waals surface area contributed by atoms with Gasteiger partial charge in [0.1, 0.15) is 0 Å². The lowest BCUT2D eigenvalue weighted by molar-refractivity contribution is 0.658. The Balaban J connectivity index is 2.38. The number of hydrogen-bond acceptors (Lipinski definition) is 1. The fourth-order valence-electron chi connectivity index (χ4n) is 2.44. The Morgan fingerprint density at radius 2 is 2.00 bits per heavy atom. The standard InChI is InChI=1S/C15H21N/c1-11-6-5-9-15(12(11)2)13-7-3-4-8-14(16)10-13/h5-6,9-10,14H,3-4,7-8,16H2,1-2H3. The molecule has 0 heterocycles. The summed E-state index contributed by atoms with van der Waals surface area (Å²) in [6.45, 7) is 4.39. The summed E-state index contributed by atoms with van der Waals surface area (Å²) in [6, 6.07) is 6.80. The van der Waals surface area contributed by atoms with E-state index in [1.54, 1.807) is 0 Å². The molecule has 2 N–H and O–H groups in total. The van der Waals surface area contributed by atoms with Crippen LogP contribution in [0.25, 0.3) is 5.57 Å². The van der Waals surface area contributed by atoms with Crippen LogP contribution in [0.2, 0.25) is 0 Å². The summed E-state index contributed by atoms with van der Waals surface area (Å²) in [6.07, 6.45) is 7.11. The minimum absolute atomic E-state index is 0.248. The molecule has 2 rings (SSSR count). The van der Waals surface area contributed by atoms with Crippen molar-refractivity contribution in [3.8, 4) is 0 Å². The van der Waals surface area contributed by atoms with Crippen LogP contribution in [0.3, 0.4) is 0 Å². The van der Waals surface area contributed by atoms with Crippen molar-refractivity contribution in [3.63, 3.8) is 0 Å². The molecular weight excluding hydrogens is 194 g/mol. The monoisotopic (exact) mass is 215 g/mol. The van der Waals surface area contributed by atoms with Crippen LogP contribution in [-0.2, 0) is 0 Å². The van der Waals surface area contributed by atoms with E-state index in [0.29, 0.717) is 0 Å². The number of nitrogens with two attached hydrogens (primary N) is 1. The van der Waals surface area contributed by atoms with Gasteiger partial charge in [0.25, 0.3) is 0 Å². The lowest BCUT2D eigenvalue weighted by atomic mass is 9.94. The van der Waals surface area contributed by atoms with Crippen molar-refractivity contribution in [2.24, 2.45) is 5.73 Å². The third-order valence-electron chi connectivity index (χ3n) is 3.60. The second-order valence-corrected chi connectivity index (χ2v) is 4.85. The molecule has 1 aliphatic rings. The lowest BCUT2D eigenvalue weighted by Crippen LogP contribution is -2.15. The van der Waals surface area contributed by atoms with Crippen LogP contribution in [0.1, 0.15) is 42.4 Å². The molecule has 0 saturated heterocycles. The molecule has 0 fully saturated rings. The topological polar surface area (TPSA) is 26.0 Å². The zero-order chi connectivity index (χ0) is 11.5. The van der Waals surface area contributed by atoms with Crippen LogP contribution in [-0.4, -0.2) is 6.04 Å². The average molecular weight is 215 g/mol. The first-order chi connectivity index (χ1) is 7.68. The van der Waals surface area contributed by atoms with Gasteiger partial charge in [-0.15, -0.1) is 0 Å². The van der Waals surface area contributed by atoms with Crippen molar-refractivity contribution in [2.75, 3.05) is 0 Å². The SMILES string of the molecule is Cc1cccc(C2=CC(N)CCCC2)c1C. The molecule has 86 valence electrons. The first kappa shape index (κ1) is 11.4. The van der Waals surface area contributed by atoms with E-state index >= 15 is 0 Å². The molecule has 1 aromatic carbocycles. The number of hydrogen-bond donors (Lipinski definition) is 1. The van der Waals surface area contributed by atoms with E-state index in [4.69, 9.17) is 5.73 Å². The lowest BCUT2D eigenvalue weighted by Gasteiger charge is -2.12. The summed E-state index contributed by atoms with van der Waals surface area (Å²) < 4.78 is 0. The Kier molecular flexibility index (Phi) is 3.45. The van der Waals surface area contributed by atoms with E-state index in [-0.39, 0.29) is 6.04 Å². The molecule has 0 aliphatic heterocycles. The minimum atomic E-state index is 0.248. The van der Waals surface area contributed by atoms with Crippen molar-refractivity contribution in [1.29, 1.82) is 0 Å². The minimum Gasteiger partial charge on any atom is -0.324 e. The largest absolute Gasteiger partial charge is 0.324 e. The number of rotatable bonds is 1. The van der Waals surface area contributed by atoms with Gasteiger partial charge in [-0.1, -0.05) is 30.7 Å². The average Bonchev–Trinajstić information content (AvgIpc) is 2.47. The maximum absolute atomic E-state index is 6.07. The van der Waals surface area contributed by atoms with Crippen LogP contribution in [0, 0.1) is 13.8 Å². The van der Waals surface area contributed by atoms with Crippen molar-refractivity contribution in [3.05, 3.63) is 41.0 Å². The van der Waals surface area contributed by atoms with E-state index in [1.807, 2.05) is 0 Å². The van der Waals surface area contributed by atoms with Gasteiger partial charge >= 0.3 is 0 Å². The third-order valence-corrected chi connectivity index (χ3v) is 3.60. The second kappa shape index (κ2) is 4.84. The van der Waals surface area contributed by atoms with Crippen LogP contribution < -0.4 is 5.73 Å². The fourth-order valence-corrected chi connectivity index (χ4v) is 2.44. The van der Waals surface area contributed by atoms with Gasteiger partial charge in [-0.25, -0.2) is 0 Å². The van der Waals surface area contributed by atoms with Gasteiger partial charge in [-0.05, 0) is 55.4 Å². The smallest absolute Gasteiger partial charge is 0.0229 e. The maximum Gasteiger partial charge on any atom is 0.0229 e. The molecule has 0 bridgehead atoms. The molecule has 1 aliphatic carbocycles. The molecule has 1 nitrogen and oxygen atoms in total. The summed E-state index contributed by atoms with van der Waals surface area (Å²) in [7, 11) is 0. The maximum atomic E-state index is 6.07. The molecule has 1 heteroatoms. The van der Waals surface area contributed by atoms with Gasteiger partial charge in [-0.2, -0.15) is 0 Å². The molecule has 0 radical (unpaired) electrons. The second-order valence-electron chi connectivity index (χ2n) is 4.85. The molecule has 1 atom stereocenters. The van der Waals surface area contributed by atoms with Gasteiger partial charge in [0.05, 0.1) is 0 Å². The van der Waals surface area contributed by atoms with E-state index in [0.717, 1.165) is 6.42 Å². The fraction of sp³-hybridized carbons (Fsp3) is 0.467. The Morgan fingerprint density at radius 1 is 1.19 bits per heavy atom. The number of aryl methyl sites for hydroxylation is 1. The molecule has 0 spiro atoms. The van der Waals surface area contributed by atoms with Crippen molar-refractivity contribution in [2.45, 2.75) is 45.6 Å². The van der Waals surface area contributed by atoms with E-state index in [2.05, 4.69) is 38.1 Å². The highest BCUT2D eigenvalue weighted by Gasteiger charge is 2.12. The Morgan fingerprint density at radius 3 is 2.81 bits per heavy atom. The van der Waals surface area contributed by atoms with Gasteiger partial charge in [-0.3, -0.25) is 0 Å². The van der Waals surface area contributed by atoms with Crippen LogP contribution >= 0.6 is 0 Å². The Bertz CT molecular complexity index is 404. The zero-order valence-electron chi connectivity index (χ0n) is 10.3. The number of allylic oxidation sites excluding steroid dienone is 1. The Hall–Kier alpha value is -1.08. The summed E-state index contributed by atoms with van der Waals surface area (Å²) in [5.41, 5.74) is 11.7. The van der Waals surface area contributed by atoms with Gasteiger partial charge in [0.15, 0.2) is 0 Å². The van der Waals surface area contributed by atoms with Crippen LogP contribution in [0.5, 0.6) is 0 Å². The predicted octanol–water partition coefficient (Wildman–Crippen LogP) is 3.59. The van der Waals surface area contributed by atoms with Crippen LogP contribution in [0.4, 0.5) is 0 Å². The first-order valence-electron chi connectivity index (χ1n) is 6.21. The van der Waals surface area contributed by atoms with Gasteiger partial charge in [0.2, 0.25) is 0 Å². The highest BCUT2D eigenvalue weighted by Crippen LogP contribution is 2.28. The van der Waals surface area contributed by atoms with E-state index in [9.17, 15) is 0 Å². The summed E-state index contributed by atoms with van der Waals surface area (Å²) in [4.78, 5) is 0. The van der Waals surface area contributed by atoms with Gasteiger partial charge in [0, 0.05) is 6.04 Å². The van der Waals surface area contributed by atoms with Crippen molar-refractivity contribution >= 4 is 5.57 Å². The first-order valence-corrected chi connectivity index (χ1v) is 6.21. The van der Waals surface area contributed by atoms with Crippen molar-refractivity contribution in [1.82, 2.24) is 0 Å². The molecule has 16 heavy (non-hydrogen) atoms. The molecule has 0 amide bonds. The quantitative estimate of drug-likeness (QED) is 0.761. The molecule has 1 unspecified atom stereocenters. The zero-order valence-corrected chi connectivity index (χ0v) is 10.3. The Labute approximate surface area is 98.4 Å². The summed E-state index contributed by atoms with van der Waals surface area (Å²) >= 11 is 0. The van der Waals surface area contributed by atoms with Gasteiger partial charge < -0.3 is 5.73 Å². The highest BCUT2D eigenvalue weighted by molar-refractivity contribution is 5.69. The molecular formula is C15H21N. The molecule has 0 aromatic heterocycles. The molecule has 1 aromatic rings. The molecule has 0 saturated carbocycles. The third kappa shape index (κ3) is 2.35. The van der Waals surface area contributed by atoms with E-state index < -0.39 is 0 Å². The van der Waals surface area contributed by atoms with Crippen molar-refractivity contribution < 1.29 is 0 Å². The highest BCUT2D eigenvalue weighted by atomic mass is 14.6. The predicted molar refractivity (Wildman–Crippen MR) is 70.3 cm³/mol. The summed E-state index contributed by atoms with van der Waals surface area (Å²) in [5.74, 6) is 0. The normalized spacial score (nSPS) is 21.4. The van der Waals surface area contributed by atoms with E-state index in [1.165, 1.54) is 41.5 Å². The summed E-state index contributed by atoms with van der Waals surface area (Å²) in [5, 5.41) is 0. The van der Waals surface area contributed by atoms with Crippen LogP contribution in [0.15, 0.2) is 24.3 Å². The number of benzene rings is 1.